The SMILES string of the molecule is CC(C)(C)[C@H](NC(=O)C(F)(F)F)C(=O)N1[C@H]2C[C@@H]([C@H]1C(=O)N[C@H](C#N)C[C@@H]1CCNC1=O)C1(CC1)C2. The third-order valence-corrected chi connectivity index (χ3v) is 8.25. The van der Waals surface area contributed by atoms with Gasteiger partial charge in [-0.15, -0.1) is 0 Å². The van der Waals surface area contributed by atoms with Crippen LogP contribution in [0.5, 0.6) is 0 Å². The minimum absolute atomic E-state index is 0.0661. The number of rotatable bonds is 6. The van der Waals surface area contributed by atoms with E-state index in [0.717, 1.165) is 12.8 Å². The largest absolute Gasteiger partial charge is 0.471 e. The minimum atomic E-state index is -5.16. The Morgan fingerprint density at radius 1 is 1.22 bits per heavy atom. The summed E-state index contributed by atoms with van der Waals surface area (Å²) in [6.45, 7) is 5.16. The summed E-state index contributed by atoms with van der Waals surface area (Å²) in [6, 6.07) is -1.69. The number of nitrogens with one attached hydrogen (secondary N) is 3. The zero-order chi connectivity index (χ0) is 26.6. The quantitative estimate of drug-likeness (QED) is 0.496. The molecule has 4 aliphatic rings. The molecule has 4 rings (SSSR count). The predicted octanol–water partition coefficient (Wildman–Crippen LogP) is 1.38. The molecule has 1 spiro atoms. The van der Waals surface area contributed by atoms with Gasteiger partial charge in [0.25, 0.3) is 0 Å². The van der Waals surface area contributed by atoms with Crippen LogP contribution in [0.2, 0.25) is 0 Å². The van der Waals surface area contributed by atoms with E-state index in [-0.39, 0.29) is 29.7 Å². The van der Waals surface area contributed by atoms with Gasteiger partial charge < -0.3 is 20.9 Å². The van der Waals surface area contributed by atoms with Crippen molar-refractivity contribution in [1.29, 1.82) is 5.26 Å². The molecule has 0 radical (unpaired) electrons. The Labute approximate surface area is 207 Å². The predicted molar refractivity (Wildman–Crippen MR) is 120 cm³/mol. The van der Waals surface area contributed by atoms with Crippen LogP contribution in [-0.4, -0.2) is 65.4 Å². The van der Waals surface area contributed by atoms with E-state index >= 15 is 0 Å². The molecule has 0 aromatic carbocycles. The van der Waals surface area contributed by atoms with Crippen molar-refractivity contribution in [2.75, 3.05) is 6.54 Å². The molecule has 198 valence electrons. The van der Waals surface area contributed by atoms with E-state index in [1.807, 2.05) is 11.4 Å². The maximum atomic E-state index is 13.7. The van der Waals surface area contributed by atoms with Crippen molar-refractivity contribution in [3.8, 4) is 6.07 Å². The van der Waals surface area contributed by atoms with Crippen molar-refractivity contribution in [2.45, 2.75) is 89.6 Å². The highest BCUT2D eigenvalue weighted by atomic mass is 19.4. The fourth-order valence-electron chi connectivity index (χ4n) is 6.27. The molecule has 2 bridgehead atoms. The number of halogens is 3. The molecule has 9 nitrogen and oxygen atoms in total. The smallest absolute Gasteiger partial charge is 0.356 e. The molecular formula is C24H32F3N5O4. The minimum Gasteiger partial charge on any atom is -0.356 e. The lowest BCUT2D eigenvalue weighted by Gasteiger charge is -2.42. The monoisotopic (exact) mass is 511 g/mol. The van der Waals surface area contributed by atoms with Crippen molar-refractivity contribution in [2.24, 2.45) is 22.7 Å². The summed E-state index contributed by atoms with van der Waals surface area (Å²) >= 11 is 0. The van der Waals surface area contributed by atoms with Crippen molar-refractivity contribution in [3.63, 3.8) is 0 Å². The van der Waals surface area contributed by atoms with Crippen LogP contribution >= 0.6 is 0 Å². The van der Waals surface area contributed by atoms with E-state index in [1.54, 1.807) is 20.8 Å². The number of likely N-dealkylation sites (tertiary alicyclic amines) is 1. The Balaban J connectivity index is 1.56. The highest BCUT2D eigenvalue weighted by Gasteiger charge is 2.67. The van der Waals surface area contributed by atoms with Crippen molar-refractivity contribution < 1.29 is 32.3 Å². The number of piperidine rings is 1. The number of carbonyl (C=O) groups is 4. The van der Waals surface area contributed by atoms with Crippen LogP contribution in [0.25, 0.3) is 0 Å². The molecule has 2 aliphatic carbocycles. The zero-order valence-corrected chi connectivity index (χ0v) is 20.6. The van der Waals surface area contributed by atoms with Crippen LogP contribution in [0.1, 0.15) is 59.3 Å². The van der Waals surface area contributed by atoms with Crippen LogP contribution in [0.3, 0.4) is 0 Å². The van der Waals surface area contributed by atoms with Gasteiger partial charge in [-0.3, -0.25) is 19.2 Å². The molecule has 3 N–H and O–H groups in total. The molecule has 4 fully saturated rings. The molecule has 2 saturated heterocycles. The summed E-state index contributed by atoms with van der Waals surface area (Å²) in [5.41, 5.74) is -1.12. The first-order valence-electron chi connectivity index (χ1n) is 12.4. The molecular weight excluding hydrogens is 479 g/mol. The molecule has 36 heavy (non-hydrogen) atoms. The summed E-state index contributed by atoms with van der Waals surface area (Å²) < 4.78 is 39.1. The Morgan fingerprint density at radius 3 is 2.39 bits per heavy atom. The van der Waals surface area contributed by atoms with E-state index in [1.165, 1.54) is 4.90 Å². The topological polar surface area (TPSA) is 131 Å². The highest BCUT2D eigenvalue weighted by Crippen LogP contribution is 2.67. The first-order chi connectivity index (χ1) is 16.7. The molecule has 2 aliphatic heterocycles. The van der Waals surface area contributed by atoms with Gasteiger partial charge in [-0.1, -0.05) is 20.8 Å². The first kappa shape index (κ1) is 26.2. The fourth-order valence-corrected chi connectivity index (χ4v) is 6.27. The first-order valence-corrected chi connectivity index (χ1v) is 12.4. The van der Waals surface area contributed by atoms with Crippen molar-refractivity contribution in [3.05, 3.63) is 0 Å². The summed E-state index contributed by atoms with van der Waals surface area (Å²) in [4.78, 5) is 52.3. The van der Waals surface area contributed by atoms with E-state index in [9.17, 15) is 37.6 Å². The number of nitrogens with zero attached hydrogens (tertiary/aromatic N) is 2. The van der Waals surface area contributed by atoms with Gasteiger partial charge in [0, 0.05) is 18.5 Å². The van der Waals surface area contributed by atoms with Gasteiger partial charge >= 0.3 is 12.1 Å². The maximum absolute atomic E-state index is 13.7. The maximum Gasteiger partial charge on any atom is 0.471 e. The van der Waals surface area contributed by atoms with Gasteiger partial charge in [0.1, 0.15) is 18.1 Å². The van der Waals surface area contributed by atoms with Gasteiger partial charge in [0.15, 0.2) is 0 Å². The van der Waals surface area contributed by atoms with Crippen LogP contribution in [0, 0.1) is 34.0 Å². The van der Waals surface area contributed by atoms with E-state index in [4.69, 9.17) is 0 Å². The van der Waals surface area contributed by atoms with Gasteiger partial charge in [-0.05, 0) is 55.3 Å². The van der Waals surface area contributed by atoms with Crippen LogP contribution in [-0.2, 0) is 19.2 Å². The summed E-state index contributed by atoms with van der Waals surface area (Å²) in [5, 5.41) is 16.9. The normalized spacial score (nSPS) is 29.9. The van der Waals surface area contributed by atoms with Crippen LogP contribution < -0.4 is 16.0 Å². The molecule has 2 heterocycles. The fraction of sp³-hybridized carbons (Fsp3) is 0.792. The van der Waals surface area contributed by atoms with Gasteiger partial charge in [0.2, 0.25) is 17.7 Å². The second kappa shape index (κ2) is 8.92. The molecule has 4 amide bonds. The average Bonchev–Trinajstić information content (AvgIpc) is 3.09. The van der Waals surface area contributed by atoms with Gasteiger partial charge in [-0.25, -0.2) is 0 Å². The number of nitriles is 1. The molecule has 0 aromatic rings. The van der Waals surface area contributed by atoms with E-state index < -0.39 is 53.4 Å². The Morgan fingerprint density at radius 2 is 1.89 bits per heavy atom. The number of fused-ring (bicyclic) bond motifs is 3. The number of carbonyl (C=O) groups excluding carboxylic acids is 4. The summed E-state index contributed by atoms with van der Waals surface area (Å²) in [5.74, 6) is -4.22. The number of alkyl halides is 3. The lowest BCUT2D eigenvalue weighted by Crippen LogP contribution is -2.63. The standard InChI is InChI=1S/C24H32F3N5O4/c1-22(2,3)17(31-21(36)24(25,26)27)20(35)32-14-9-15(23(10-14)5-6-23)16(32)19(34)30-13(11-28)8-12-4-7-29-18(12)33/h12-17H,4-10H2,1-3H3,(H,29,33)(H,30,34)(H,31,36)/t12-,13-,14-,15-,16-,17+/m0/s1. The third-order valence-electron chi connectivity index (χ3n) is 8.25. The molecule has 0 aromatic heterocycles. The molecule has 2 saturated carbocycles. The van der Waals surface area contributed by atoms with Crippen LogP contribution in [0.15, 0.2) is 0 Å². The zero-order valence-electron chi connectivity index (χ0n) is 20.6. The number of hydrogen-bond acceptors (Lipinski definition) is 5. The van der Waals surface area contributed by atoms with E-state index in [2.05, 4.69) is 10.6 Å². The van der Waals surface area contributed by atoms with Crippen molar-refractivity contribution in [1.82, 2.24) is 20.9 Å². The summed E-state index contributed by atoms with van der Waals surface area (Å²) in [7, 11) is 0. The molecule has 0 unspecified atom stereocenters. The van der Waals surface area contributed by atoms with E-state index in [0.29, 0.717) is 25.8 Å². The number of hydrogen-bond donors (Lipinski definition) is 3. The van der Waals surface area contributed by atoms with Crippen molar-refractivity contribution >= 4 is 23.6 Å². The lowest BCUT2D eigenvalue weighted by molar-refractivity contribution is -0.176. The Kier molecular flexibility index (Phi) is 6.50. The Hall–Kier alpha value is -2.84. The molecule has 12 heteroatoms. The lowest BCUT2D eigenvalue weighted by atomic mass is 9.81. The summed E-state index contributed by atoms with van der Waals surface area (Å²) in [6.07, 6.45) is -1.41. The number of amides is 4. The van der Waals surface area contributed by atoms with Crippen LogP contribution in [0.4, 0.5) is 13.2 Å². The third kappa shape index (κ3) is 4.76. The highest BCUT2D eigenvalue weighted by molar-refractivity contribution is 5.95. The second-order valence-corrected chi connectivity index (χ2v) is 11.7. The second-order valence-electron chi connectivity index (χ2n) is 11.7. The van der Waals surface area contributed by atoms with Gasteiger partial charge in [-0.2, -0.15) is 18.4 Å². The van der Waals surface area contributed by atoms with Gasteiger partial charge in [0.05, 0.1) is 6.07 Å². The average molecular weight is 512 g/mol. The molecule has 6 atom stereocenters. The Bertz CT molecular complexity index is 997.